The molecule has 2 saturated heterocycles. The highest BCUT2D eigenvalue weighted by Gasteiger charge is 2.23. The van der Waals surface area contributed by atoms with Gasteiger partial charge in [-0.15, -0.1) is 0 Å². The molecular formula is C24H30N8O4. The fraction of sp³-hybridized carbons (Fsp3) is 0.458. The van der Waals surface area contributed by atoms with Crippen LogP contribution in [0, 0.1) is 11.3 Å². The van der Waals surface area contributed by atoms with Crippen LogP contribution in [0.25, 0.3) is 0 Å². The number of nitrogens with zero attached hydrogens (tertiary/aromatic N) is 7. The normalized spacial score (nSPS) is 17.4. The summed E-state index contributed by atoms with van der Waals surface area (Å²) in [7, 11) is 3.53. The topological polar surface area (TPSA) is 138 Å². The van der Waals surface area contributed by atoms with Gasteiger partial charge in [0.15, 0.2) is 6.29 Å². The standard InChI is InChI=1S/C24H30N8O4/c1-29-5-6-32(23(34)15-29)14-17-3-4-22(27-19(17)16-33)30(2)24(35)28-21-11-20(18(12-25)13-26-21)31-7-9-36-10-8-31/h3-4,11,13,16,24,35H,5-10,14-15H2,1-2H3,(H,26,28). The van der Waals surface area contributed by atoms with Gasteiger partial charge in [0.25, 0.3) is 0 Å². The molecule has 12 heteroatoms. The number of likely N-dealkylation sites (N-methyl/N-ethyl adjacent to an activating group) is 1. The van der Waals surface area contributed by atoms with Crippen molar-refractivity contribution in [2.45, 2.75) is 12.9 Å². The van der Waals surface area contributed by atoms with Gasteiger partial charge in [0.05, 0.1) is 31.0 Å². The lowest BCUT2D eigenvalue weighted by Crippen LogP contribution is -2.48. The summed E-state index contributed by atoms with van der Waals surface area (Å²) >= 11 is 0. The zero-order valence-corrected chi connectivity index (χ0v) is 20.4. The first-order valence-corrected chi connectivity index (χ1v) is 11.7. The quantitative estimate of drug-likeness (QED) is 0.381. The maximum absolute atomic E-state index is 12.3. The molecule has 2 aliphatic heterocycles. The number of aldehydes is 1. The van der Waals surface area contributed by atoms with E-state index in [0.29, 0.717) is 75.0 Å². The SMILES string of the molecule is CN1CCN(Cc2ccc(N(C)C(O)Nc3cc(N4CCOCC4)c(C#N)cn3)nc2C=O)C(=O)C1. The molecule has 2 aliphatic rings. The summed E-state index contributed by atoms with van der Waals surface area (Å²) in [6.45, 7) is 4.47. The van der Waals surface area contributed by atoms with Crippen LogP contribution in [-0.2, 0) is 16.1 Å². The second-order valence-electron chi connectivity index (χ2n) is 8.81. The fourth-order valence-electron chi connectivity index (χ4n) is 4.15. The Morgan fingerprint density at radius 1 is 1.31 bits per heavy atom. The van der Waals surface area contributed by atoms with Crippen molar-refractivity contribution in [3.8, 4) is 6.07 Å². The van der Waals surface area contributed by atoms with Gasteiger partial charge in [-0.05, 0) is 13.1 Å². The van der Waals surface area contributed by atoms with E-state index in [2.05, 4.69) is 21.4 Å². The molecular weight excluding hydrogens is 464 g/mol. The zero-order valence-electron chi connectivity index (χ0n) is 20.4. The van der Waals surface area contributed by atoms with Gasteiger partial charge < -0.3 is 29.9 Å². The summed E-state index contributed by atoms with van der Waals surface area (Å²) in [5.74, 6) is 0.760. The number of piperazine rings is 1. The van der Waals surface area contributed by atoms with Crippen LogP contribution in [0.1, 0.15) is 21.6 Å². The Balaban J connectivity index is 1.46. The Morgan fingerprint density at radius 3 is 2.78 bits per heavy atom. The number of hydrogen-bond acceptors (Lipinski definition) is 11. The van der Waals surface area contributed by atoms with Gasteiger partial charge in [-0.2, -0.15) is 5.26 Å². The Morgan fingerprint density at radius 2 is 2.08 bits per heavy atom. The number of aliphatic hydroxyl groups is 1. The summed E-state index contributed by atoms with van der Waals surface area (Å²) < 4.78 is 5.39. The fourth-order valence-corrected chi connectivity index (χ4v) is 4.15. The zero-order chi connectivity index (χ0) is 25.7. The summed E-state index contributed by atoms with van der Waals surface area (Å²) in [6, 6.07) is 7.32. The third-order valence-electron chi connectivity index (χ3n) is 6.34. The van der Waals surface area contributed by atoms with E-state index in [0.717, 1.165) is 12.2 Å². The molecule has 2 aromatic rings. The van der Waals surface area contributed by atoms with Crippen LogP contribution >= 0.6 is 0 Å². The van der Waals surface area contributed by atoms with Crippen molar-refractivity contribution in [3.05, 3.63) is 41.2 Å². The average Bonchev–Trinajstić information content (AvgIpc) is 2.90. The molecule has 0 radical (unpaired) electrons. The summed E-state index contributed by atoms with van der Waals surface area (Å²) in [5.41, 5.74) is 2.02. The minimum absolute atomic E-state index is 0.00720. The van der Waals surface area contributed by atoms with E-state index in [9.17, 15) is 20.0 Å². The summed E-state index contributed by atoms with van der Waals surface area (Å²) in [5, 5.41) is 23.2. The average molecular weight is 495 g/mol. The monoisotopic (exact) mass is 494 g/mol. The first-order valence-electron chi connectivity index (χ1n) is 11.7. The van der Waals surface area contributed by atoms with E-state index < -0.39 is 6.35 Å². The van der Waals surface area contributed by atoms with Crippen molar-refractivity contribution in [2.24, 2.45) is 0 Å². The molecule has 190 valence electrons. The van der Waals surface area contributed by atoms with Crippen LogP contribution in [0.5, 0.6) is 0 Å². The molecule has 0 aliphatic carbocycles. The van der Waals surface area contributed by atoms with E-state index in [1.165, 1.54) is 11.1 Å². The number of ether oxygens (including phenoxy) is 1. The molecule has 0 spiro atoms. The van der Waals surface area contributed by atoms with Crippen LogP contribution < -0.4 is 15.1 Å². The maximum atomic E-state index is 12.3. The summed E-state index contributed by atoms with van der Waals surface area (Å²) in [4.78, 5) is 39.9. The number of carbonyl (C=O) groups excluding carboxylic acids is 2. The summed E-state index contributed by atoms with van der Waals surface area (Å²) in [6.07, 6.45) is 0.918. The molecule has 12 nitrogen and oxygen atoms in total. The lowest BCUT2D eigenvalue weighted by Gasteiger charge is -2.32. The molecule has 4 rings (SSSR count). The first kappa shape index (κ1) is 25.3. The number of pyridine rings is 2. The highest BCUT2D eigenvalue weighted by atomic mass is 16.5. The van der Waals surface area contributed by atoms with Crippen LogP contribution in [-0.4, -0.2) is 103 Å². The van der Waals surface area contributed by atoms with Crippen molar-refractivity contribution in [3.63, 3.8) is 0 Å². The number of rotatable bonds is 8. The molecule has 2 N–H and O–H groups in total. The largest absolute Gasteiger partial charge is 0.378 e. The van der Waals surface area contributed by atoms with Gasteiger partial charge in [-0.1, -0.05) is 6.07 Å². The molecule has 1 atom stereocenters. The number of aromatic nitrogens is 2. The second-order valence-corrected chi connectivity index (χ2v) is 8.81. The number of aliphatic hydroxyl groups excluding tert-OH is 1. The van der Waals surface area contributed by atoms with Crippen molar-refractivity contribution >= 4 is 29.5 Å². The third-order valence-corrected chi connectivity index (χ3v) is 6.34. The molecule has 1 amide bonds. The van der Waals surface area contributed by atoms with Gasteiger partial charge in [-0.25, -0.2) is 9.97 Å². The Bertz CT molecular complexity index is 1150. The van der Waals surface area contributed by atoms with Gasteiger partial charge in [0.2, 0.25) is 12.3 Å². The molecule has 2 aromatic heterocycles. The van der Waals surface area contributed by atoms with Crippen LogP contribution in [0.3, 0.4) is 0 Å². The number of nitriles is 1. The van der Waals surface area contributed by atoms with Gasteiger partial charge >= 0.3 is 0 Å². The van der Waals surface area contributed by atoms with Crippen LogP contribution in [0.4, 0.5) is 17.3 Å². The molecule has 0 bridgehead atoms. The number of anilines is 3. The first-order chi connectivity index (χ1) is 17.4. The molecule has 0 saturated carbocycles. The van der Waals surface area contributed by atoms with Crippen molar-refractivity contribution in [1.82, 2.24) is 19.8 Å². The Kier molecular flexibility index (Phi) is 7.94. The van der Waals surface area contributed by atoms with Crippen molar-refractivity contribution in [2.75, 3.05) is 75.1 Å². The minimum atomic E-state index is -1.21. The van der Waals surface area contributed by atoms with E-state index in [1.54, 1.807) is 30.1 Å². The number of carbonyl (C=O) groups is 2. The van der Waals surface area contributed by atoms with Gasteiger partial charge in [0.1, 0.15) is 23.4 Å². The van der Waals surface area contributed by atoms with Crippen LogP contribution in [0.2, 0.25) is 0 Å². The Labute approximate surface area is 209 Å². The van der Waals surface area contributed by atoms with Gasteiger partial charge in [-0.3, -0.25) is 14.5 Å². The lowest BCUT2D eigenvalue weighted by atomic mass is 10.1. The number of morpholine rings is 1. The second kappa shape index (κ2) is 11.3. The minimum Gasteiger partial charge on any atom is -0.378 e. The number of hydrogen-bond donors (Lipinski definition) is 2. The number of amides is 1. The van der Waals surface area contributed by atoms with Crippen LogP contribution in [0.15, 0.2) is 24.4 Å². The van der Waals surface area contributed by atoms with E-state index in [-0.39, 0.29) is 11.6 Å². The highest BCUT2D eigenvalue weighted by Crippen LogP contribution is 2.24. The third kappa shape index (κ3) is 5.71. The molecule has 1 unspecified atom stereocenters. The lowest BCUT2D eigenvalue weighted by molar-refractivity contribution is -0.136. The molecule has 4 heterocycles. The molecule has 2 fully saturated rings. The van der Waals surface area contributed by atoms with E-state index in [4.69, 9.17) is 4.74 Å². The number of nitrogens with one attached hydrogen (secondary N) is 1. The van der Waals surface area contributed by atoms with Crippen molar-refractivity contribution in [1.29, 1.82) is 5.26 Å². The van der Waals surface area contributed by atoms with Gasteiger partial charge in [0, 0.05) is 57.6 Å². The predicted octanol–water partition coefficient (Wildman–Crippen LogP) is 0.0956. The van der Waals surface area contributed by atoms with E-state index in [1.807, 2.05) is 16.8 Å². The molecule has 36 heavy (non-hydrogen) atoms. The smallest absolute Gasteiger partial charge is 0.237 e. The molecule has 0 aromatic carbocycles. The van der Waals surface area contributed by atoms with Crippen molar-refractivity contribution < 1.29 is 19.4 Å². The highest BCUT2D eigenvalue weighted by molar-refractivity contribution is 5.80. The Hall–Kier alpha value is -3.79. The van der Waals surface area contributed by atoms with E-state index >= 15 is 0 Å². The maximum Gasteiger partial charge on any atom is 0.237 e. The predicted molar refractivity (Wildman–Crippen MR) is 133 cm³/mol.